The van der Waals surface area contributed by atoms with Crippen molar-refractivity contribution in [3.05, 3.63) is 114 Å². The van der Waals surface area contributed by atoms with Crippen molar-refractivity contribution in [2.24, 2.45) is 4.99 Å². The quantitative estimate of drug-likeness (QED) is 0.310. The number of fused-ring (bicyclic) bond motifs is 1. The highest BCUT2D eigenvalue weighted by atomic mass is 35.5. The maximum Gasteiger partial charge on any atom is 0.338 e. The van der Waals surface area contributed by atoms with Crippen molar-refractivity contribution in [2.45, 2.75) is 40.7 Å². The number of benzene rings is 2. The van der Waals surface area contributed by atoms with Crippen molar-refractivity contribution < 1.29 is 9.53 Å². The summed E-state index contributed by atoms with van der Waals surface area (Å²) in [6.45, 7) is 9.79. The summed E-state index contributed by atoms with van der Waals surface area (Å²) in [7, 11) is 3.93. The number of anilines is 2. The van der Waals surface area contributed by atoms with E-state index in [0.717, 1.165) is 28.3 Å². The largest absolute Gasteiger partial charge is 0.463 e. The fraction of sp³-hybridized carbons (Fsp3) is 0.281. The van der Waals surface area contributed by atoms with E-state index in [9.17, 15) is 9.59 Å². The molecular formula is C32H35ClN4O3S. The molecule has 0 saturated carbocycles. The second kappa shape index (κ2) is 12.7. The van der Waals surface area contributed by atoms with Gasteiger partial charge >= 0.3 is 5.97 Å². The van der Waals surface area contributed by atoms with E-state index >= 15 is 0 Å². The summed E-state index contributed by atoms with van der Waals surface area (Å²) in [5, 5.41) is 0.665. The molecule has 1 atom stereocenters. The number of hydrogen-bond donors (Lipinski definition) is 0. The molecule has 1 aliphatic heterocycles. The number of hydrogen-bond acceptors (Lipinski definition) is 7. The van der Waals surface area contributed by atoms with E-state index in [-0.39, 0.29) is 12.2 Å². The van der Waals surface area contributed by atoms with E-state index in [1.165, 1.54) is 11.3 Å². The number of esters is 1. The van der Waals surface area contributed by atoms with Crippen molar-refractivity contribution in [3.8, 4) is 0 Å². The molecule has 7 nitrogen and oxygen atoms in total. The number of halogens is 1. The van der Waals surface area contributed by atoms with Crippen LogP contribution in [0.1, 0.15) is 46.2 Å². The highest BCUT2D eigenvalue weighted by molar-refractivity contribution is 7.07. The van der Waals surface area contributed by atoms with Crippen LogP contribution in [0.15, 0.2) is 93.1 Å². The number of carbonyl (C=O) groups is 1. The van der Waals surface area contributed by atoms with E-state index in [4.69, 9.17) is 16.3 Å². The summed E-state index contributed by atoms with van der Waals surface area (Å²) in [4.78, 5) is 36.4. The number of thiazole rings is 1. The van der Waals surface area contributed by atoms with Crippen molar-refractivity contribution >= 4 is 46.4 Å². The highest BCUT2D eigenvalue weighted by Gasteiger charge is 2.33. The number of carbonyl (C=O) groups excluding carboxylic acids is 1. The molecule has 0 amide bonds. The fourth-order valence-electron chi connectivity index (χ4n) is 4.75. The topological polar surface area (TPSA) is 67.1 Å². The van der Waals surface area contributed by atoms with E-state index in [2.05, 4.69) is 9.89 Å². The first-order valence-corrected chi connectivity index (χ1v) is 14.6. The highest BCUT2D eigenvalue weighted by Crippen LogP contribution is 2.32. The van der Waals surface area contributed by atoms with Crippen LogP contribution in [0, 0.1) is 0 Å². The molecule has 0 bridgehead atoms. The zero-order valence-corrected chi connectivity index (χ0v) is 26.0. The molecule has 0 saturated heterocycles. The van der Waals surface area contributed by atoms with Crippen LogP contribution < -0.4 is 24.7 Å². The molecule has 0 radical (unpaired) electrons. The molecule has 0 spiro atoms. The van der Waals surface area contributed by atoms with Gasteiger partial charge in [0.15, 0.2) is 4.80 Å². The van der Waals surface area contributed by atoms with Crippen molar-refractivity contribution in [1.29, 1.82) is 0 Å². The Kier molecular flexibility index (Phi) is 9.35. The molecule has 0 N–H and O–H groups in total. The van der Waals surface area contributed by atoms with Gasteiger partial charge in [-0.1, -0.05) is 41.1 Å². The van der Waals surface area contributed by atoms with Gasteiger partial charge in [0.05, 0.1) is 28.5 Å². The third kappa shape index (κ3) is 6.24. The van der Waals surface area contributed by atoms with Crippen molar-refractivity contribution in [3.63, 3.8) is 0 Å². The van der Waals surface area contributed by atoms with Crippen LogP contribution in [-0.4, -0.2) is 31.2 Å². The lowest BCUT2D eigenvalue weighted by Gasteiger charge is -2.26. The molecule has 214 valence electrons. The van der Waals surface area contributed by atoms with Crippen LogP contribution in [0.5, 0.6) is 0 Å². The van der Waals surface area contributed by atoms with Crippen LogP contribution in [0.2, 0.25) is 5.02 Å². The molecule has 0 aliphatic carbocycles. The van der Waals surface area contributed by atoms with E-state index in [1.807, 2.05) is 107 Å². The van der Waals surface area contributed by atoms with Gasteiger partial charge in [-0.25, -0.2) is 9.79 Å². The number of aromatic nitrogens is 1. The molecule has 2 heterocycles. The monoisotopic (exact) mass is 590 g/mol. The summed E-state index contributed by atoms with van der Waals surface area (Å²) in [5.74, 6) is -0.471. The summed E-state index contributed by atoms with van der Waals surface area (Å²) < 4.78 is 7.53. The average Bonchev–Trinajstić information content (AvgIpc) is 3.26. The molecule has 1 aromatic heterocycles. The number of ether oxygens (including phenoxy) is 1. The maximum absolute atomic E-state index is 13.9. The molecule has 1 aliphatic rings. The van der Waals surface area contributed by atoms with Gasteiger partial charge in [0.2, 0.25) is 0 Å². The molecular weight excluding hydrogens is 556 g/mol. The van der Waals surface area contributed by atoms with Gasteiger partial charge in [0.1, 0.15) is 0 Å². The Morgan fingerprint density at radius 1 is 1.07 bits per heavy atom. The summed E-state index contributed by atoms with van der Waals surface area (Å²) >= 11 is 7.42. The minimum Gasteiger partial charge on any atom is -0.463 e. The first-order valence-electron chi connectivity index (χ1n) is 13.4. The molecule has 41 heavy (non-hydrogen) atoms. The second-order valence-corrected chi connectivity index (χ2v) is 11.3. The molecule has 9 heteroatoms. The Hall–Kier alpha value is -3.88. The van der Waals surface area contributed by atoms with Crippen molar-refractivity contribution in [1.82, 2.24) is 4.57 Å². The minimum absolute atomic E-state index is 0.213. The standard InChI is InChI=1S/C32H35ClN4O3S/c1-8-20(3)36(26-17-13-24(33)14-18-26)21(4)10-19-27-30(38)37-29(23-11-15-25(16-12-23)35(6)7)28(31(39)40-9-2)22(5)34-32(37)41-27/h8,10-19,29H,9H2,1-7H3/b20-8-,21-10+,27-19-. The lowest BCUT2D eigenvalue weighted by molar-refractivity contribution is -0.139. The van der Waals surface area contributed by atoms with Crippen LogP contribution in [0.4, 0.5) is 11.4 Å². The predicted octanol–water partition coefficient (Wildman–Crippen LogP) is 5.80. The number of allylic oxidation sites excluding steroid dienone is 5. The van der Waals surface area contributed by atoms with Crippen molar-refractivity contribution in [2.75, 3.05) is 30.5 Å². The maximum atomic E-state index is 13.9. The number of nitrogens with zero attached hydrogens (tertiary/aromatic N) is 4. The lowest BCUT2D eigenvalue weighted by atomic mass is 9.95. The van der Waals surface area contributed by atoms with Gasteiger partial charge in [-0.3, -0.25) is 9.36 Å². The van der Waals surface area contributed by atoms with Gasteiger partial charge in [-0.15, -0.1) is 0 Å². The third-order valence-electron chi connectivity index (χ3n) is 6.93. The lowest BCUT2D eigenvalue weighted by Crippen LogP contribution is -2.39. The Balaban J connectivity index is 1.85. The zero-order valence-electron chi connectivity index (χ0n) is 24.4. The summed E-state index contributed by atoms with van der Waals surface area (Å²) in [6, 6.07) is 14.8. The molecule has 4 rings (SSSR count). The van der Waals surface area contributed by atoms with Crippen LogP contribution in [-0.2, 0) is 9.53 Å². The van der Waals surface area contributed by atoms with Crippen LogP contribution in [0.3, 0.4) is 0 Å². The van der Waals surface area contributed by atoms with Gasteiger partial charge in [-0.2, -0.15) is 0 Å². The van der Waals surface area contributed by atoms with E-state index < -0.39 is 12.0 Å². The normalized spacial score (nSPS) is 15.9. The SMILES string of the molecule is C/C=C(/C)N(/C(C)=C/C=c1\sc2n(c1=O)C(c1ccc(N(C)C)cc1)C(C(=O)OCC)=C(C)N=2)c1ccc(Cl)cc1. The molecule has 2 aromatic carbocycles. The molecule has 0 fully saturated rings. The Bertz CT molecular complexity index is 1710. The first-order chi connectivity index (χ1) is 19.6. The van der Waals surface area contributed by atoms with E-state index in [1.54, 1.807) is 18.4 Å². The van der Waals surface area contributed by atoms with Gasteiger partial charge < -0.3 is 14.5 Å². The Morgan fingerprint density at radius 3 is 2.29 bits per heavy atom. The summed E-state index contributed by atoms with van der Waals surface area (Å²) in [5.41, 5.74) is 5.45. The smallest absolute Gasteiger partial charge is 0.338 e. The van der Waals surface area contributed by atoms with Crippen LogP contribution >= 0.6 is 22.9 Å². The van der Waals surface area contributed by atoms with Gasteiger partial charge in [0, 0.05) is 41.9 Å². The average molecular weight is 591 g/mol. The Morgan fingerprint density at radius 2 is 1.71 bits per heavy atom. The van der Waals surface area contributed by atoms with Crippen LogP contribution in [0.25, 0.3) is 6.08 Å². The molecule has 3 aromatic rings. The first kappa shape index (κ1) is 30.1. The number of rotatable bonds is 8. The third-order valence-corrected chi connectivity index (χ3v) is 8.18. The molecule has 1 unspecified atom stereocenters. The second-order valence-electron chi connectivity index (χ2n) is 9.86. The fourth-order valence-corrected chi connectivity index (χ4v) is 5.86. The zero-order chi connectivity index (χ0) is 29.8. The predicted molar refractivity (Wildman–Crippen MR) is 169 cm³/mol. The van der Waals surface area contributed by atoms with Gasteiger partial charge in [-0.05, 0) is 88.7 Å². The van der Waals surface area contributed by atoms with Gasteiger partial charge in [0.25, 0.3) is 5.56 Å². The van der Waals surface area contributed by atoms with E-state index in [0.29, 0.717) is 25.6 Å². The minimum atomic E-state index is -0.649. The Labute approximate surface area is 249 Å². The summed E-state index contributed by atoms with van der Waals surface area (Å²) in [6.07, 6.45) is 5.77.